The number of carbonyl (C=O) groups excluding carboxylic acids is 1. The summed E-state index contributed by atoms with van der Waals surface area (Å²) in [6.07, 6.45) is -3.88. The predicted octanol–water partition coefficient (Wildman–Crippen LogP) is 3.15. The Morgan fingerprint density at radius 1 is 1.37 bits per heavy atom. The number of nitrogens with one attached hydrogen (secondary N) is 2. The standard InChI is InChI=1S/C19H19ClF3N5O2/c1-9-13(20)14-15(25-9)16(12(6-24)17(27-14)19(21,22)23)28-4-2-10(3-5-28)18(29)26-11-7-30-8-11/h10-11,25H,2-5,7-8H2,1H3,(H,26,29). The van der Waals surface area contributed by atoms with E-state index < -0.39 is 17.4 Å². The summed E-state index contributed by atoms with van der Waals surface area (Å²) in [6, 6.07) is 1.71. The van der Waals surface area contributed by atoms with Gasteiger partial charge in [-0.1, -0.05) is 11.6 Å². The largest absolute Gasteiger partial charge is 0.434 e. The highest BCUT2D eigenvalue weighted by Crippen LogP contribution is 2.42. The molecule has 0 aromatic carbocycles. The first-order chi connectivity index (χ1) is 14.2. The van der Waals surface area contributed by atoms with Crippen molar-refractivity contribution in [2.45, 2.75) is 32.0 Å². The van der Waals surface area contributed by atoms with Crippen LogP contribution in [0.1, 0.15) is 29.8 Å². The monoisotopic (exact) mass is 441 g/mol. The van der Waals surface area contributed by atoms with Gasteiger partial charge < -0.3 is 19.9 Å². The Morgan fingerprint density at radius 2 is 2.03 bits per heavy atom. The Balaban J connectivity index is 1.67. The topological polar surface area (TPSA) is 94.0 Å². The zero-order chi connectivity index (χ0) is 21.6. The molecule has 2 N–H and O–H groups in total. The van der Waals surface area contributed by atoms with Crippen molar-refractivity contribution in [3.05, 3.63) is 22.0 Å². The van der Waals surface area contributed by atoms with E-state index in [2.05, 4.69) is 15.3 Å². The second-order valence-corrected chi connectivity index (χ2v) is 7.96. The number of pyridine rings is 1. The van der Waals surface area contributed by atoms with Crippen LogP contribution in [0.2, 0.25) is 5.02 Å². The molecule has 2 fully saturated rings. The Kier molecular flexibility index (Phi) is 5.28. The highest BCUT2D eigenvalue weighted by atomic mass is 35.5. The molecule has 0 aliphatic carbocycles. The van der Waals surface area contributed by atoms with Crippen molar-refractivity contribution in [2.75, 3.05) is 31.2 Å². The first kappa shape index (κ1) is 20.8. The van der Waals surface area contributed by atoms with Crippen LogP contribution in [0.25, 0.3) is 11.0 Å². The minimum Gasteiger partial charge on any atom is -0.377 e. The Bertz CT molecular complexity index is 1030. The van der Waals surface area contributed by atoms with Crippen molar-refractivity contribution < 1.29 is 22.7 Å². The number of rotatable bonds is 3. The number of hydrogen-bond donors (Lipinski definition) is 2. The molecule has 0 bridgehead atoms. The number of amides is 1. The summed E-state index contributed by atoms with van der Waals surface area (Å²) in [7, 11) is 0. The van der Waals surface area contributed by atoms with Gasteiger partial charge in [-0.15, -0.1) is 0 Å². The Morgan fingerprint density at radius 3 is 2.57 bits per heavy atom. The van der Waals surface area contributed by atoms with Crippen LogP contribution < -0.4 is 10.2 Å². The van der Waals surface area contributed by atoms with Gasteiger partial charge in [-0.25, -0.2) is 4.98 Å². The molecule has 2 aromatic rings. The molecular formula is C19H19ClF3N5O2. The smallest absolute Gasteiger partial charge is 0.377 e. The molecule has 0 saturated carbocycles. The van der Waals surface area contributed by atoms with Crippen molar-refractivity contribution in [2.24, 2.45) is 5.92 Å². The van der Waals surface area contributed by atoms with Crippen molar-refractivity contribution in [1.82, 2.24) is 15.3 Å². The summed E-state index contributed by atoms with van der Waals surface area (Å²) in [5, 5.41) is 12.6. The van der Waals surface area contributed by atoms with E-state index in [4.69, 9.17) is 16.3 Å². The van der Waals surface area contributed by atoms with E-state index in [0.717, 1.165) is 0 Å². The van der Waals surface area contributed by atoms with Crippen molar-refractivity contribution >= 4 is 34.2 Å². The molecule has 4 rings (SSSR count). The maximum atomic E-state index is 13.6. The fourth-order valence-corrected chi connectivity index (χ4v) is 4.08. The molecule has 2 aliphatic heterocycles. The Labute approximate surface area is 175 Å². The molecular weight excluding hydrogens is 423 g/mol. The van der Waals surface area contributed by atoms with Gasteiger partial charge in [0, 0.05) is 24.7 Å². The maximum Gasteiger partial charge on any atom is 0.434 e. The first-order valence-electron chi connectivity index (χ1n) is 9.52. The molecule has 160 valence electrons. The van der Waals surface area contributed by atoms with Gasteiger partial charge in [-0.05, 0) is 19.8 Å². The van der Waals surface area contributed by atoms with Gasteiger partial charge in [0.05, 0.1) is 35.5 Å². The van der Waals surface area contributed by atoms with Crippen molar-refractivity contribution in [3.63, 3.8) is 0 Å². The van der Waals surface area contributed by atoms with Crippen LogP contribution in [0.15, 0.2) is 0 Å². The second kappa shape index (κ2) is 7.63. The number of aromatic nitrogens is 2. The number of ether oxygens (including phenoxy) is 1. The van der Waals surface area contributed by atoms with Crippen LogP contribution in [0.5, 0.6) is 0 Å². The number of aromatic amines is 1. The number of hydrogen-bond acceptors (Lipinski definition) is 5. The zero-order valence-electron chi connectivity index (χ0n) is 16.1. The predicted molar refractivity (Wildman–Crippen MR) is 103 cm³/mol. The van der Waals surface area contributed by atoms with Crippen molar-refractivity contribution in [3.8, 4) is 6.07 Å². The van der Waals surface area contributed by atoms with Gasteiger partial charge >= 0.3 is 6.18 Å². The van der Waals surface area contributed by atoms with Gasteiger partial charge in [-0.2, -0.15) is 18.4 Å². The molecule has 30 heavy (non-hydrogen) atoms. The number of carbonyl (C=O) groups is 1. The number of piperidine rings is 1. The average molecular weight is 442 g/mol. The molecule has 2 aliphatic rings. The lowest BCUT2D eigenvalue weighted by atomic mass is 9.94. The van der Waals surface area contributed by atoms with E-state index in [9.17, 15) is 23.2 Å². The van der Waals surface area contributed by atoms with Crippen LogP contribution in [0.3, 0.4) is 0 Å². The number of halogens is 4. The van der Waals surface area contributed by atoms with Crippen LogP contribution in [-0.4, -0.2) is 48.2 Å². The van der Waals surface area contributed by atoms with Gasteiger partial charge in [0.15, 0.2) is 5.69 Å². The Hall–Kier alpha value is -2.51. The van der Waals surface area contributed by atoms with Gasteiger partial charge in [0.2, 0.25) is 5.91 Å². The summed E-state index contributed by atoms with van der Waals surface area (Å²) in [6.45, 7) is 3.30. The number of H-pyrrole nitrogens is 1. The lowest BCUT2D eigenvalue weighted by molar-refractivity contribution is -0.141. The summed E-state index contributed by atoms with van der Waals surface area (Å²) < 4.78 is 45.9. The molecule has 0 atom stereocenters. The normalized spacial score (nSPS) is 18.3. The van der Waals surface area contributed by atoms with E-state index in [1.165, 1.54) is 0 Å². The van der Waals surface area contributed by atoms with Gasteiger partial charge in [-0.3, -0.25) is 4.79 Å². The van der Waals surface area contributed by atoms with Gasteiger partial charge in [0.1, 0.15) is 17.1 Å². The van der Waals surface area contributed by atoms with Crippen LogP contribution in [0.4, 0.5) is 18.9 Å². The van der Waals surface area contributed by atoms with Crippen molar-refractivity contribution in [1.29, 1.82) is 5.26 Å². The van der Waals surface area contributed by atoms with E-state index in [1.807, 2.05) is 0 Å². The lowest BCUT2D eigenvalue weighted by Gasteiger charge is -2.35. The number of nitriles is 1. The molecule has 1 amide bonds. The fraction of sp³-hybridized carbons (Fsp3) is 0.526. The third-order valence-electron chi connectivity index (χ3n) is 5.57. The number of anilines is 1. The quantitative estimate of drug-likeness (QED) is 0.763. The van der Waals surface area contributed by atoms with Crippen LogP contribution in [0, 0.1) is 24.2 Å². The molecule has 2 saturated heterocycles. The highest BCUT2D eigenvalue weighted by Gasteiger charge is 2.40. The van der Waals surface area contributed by atoms with E-state index in [1.54, 1.807) is 17.9 Å². The summed E-state index contributed by atoms with van der Waals surface area (Å²) in [4.78, 5) is 20.7. The SMILES string of the molecule is Cc1[nH]c2c(N3CCC(C(=O)NC4COC4)CC3)c(C#N)c(C(F)(F)F)nc2c1Cl. The average Bonchev–Trinajstić information content (AvgIpc) is 2.96. The molecule has 0 unspecified atom stereocenters. The molecule has 11 heteroatoms. The third kappa shape index (κ3) is 3.56. The third-order valence-corrected chi connectivity index (χ3v) is 6.03. The van der Waals surface area contributed by atoms with Crippen LogP contribution in [-0.2, 0) is 15.7 Å². The zero-order valence-corrected chi connectivity index (χ0v) is 16.8. The van der Waals surface area contributed by atoms with Crippen LogP contribution >= 0.6 is 11.6 Å². The molecule has 4 heterocycles. The van der Waals surface area contributed by atoms with E-state index in [-0.39, 0.29) is 34.1 Å². The number of aryl methyl sites for hydroxylation is 1. The molecule has 7 nitrogen and oxygen atoms in total. The minimum absolute atomic E-state index is 0.0136. The summed E-state index contributed by atoms with van der Waals surface area (Å²) in [5.41, 5.74) is -0.894. The fourth-order valence-electron chi connectivity index (χ4n) is 3.90. The summed E-state index contributed by atoms with van der Waals surface area (Å²) >= 11 is 6.18. The molecule has 0 spiro atoms. The van der Waals surface area contributed by atoms with E-state index >= 15 is 0 Å². The number of fused-ring (bicyclic) bond motifs is 1. The second-order valence-electron chi connectivity index (χ2n) is 7.59. The molecule has 2 aromatic heterocycles. The lowest BCUT2D eigenvalue weighted by Crippen LogP contribution is -2.51. The summed E-state index contributed by atoms with van der Waals surface area (Å²) in [5.74, 6) is -0.307. The van der Waals surface area contributed by atoms with E-state index in [0.29, 0.717) is 50.4 Å². The van der Waals surface area contributed by atoms with Gasteiger partial charge in [0.25, 0.3) is 0 Å². The number of alkyl halides is 3. The first-order valence-corrected chi connectivity index (χ1v) is 9.90. The maximum absolute atomic E-state index is 13.6. The minimum atomic E-state index is -4.80. The molecule has 0 radical (unpaired) electrons. The highest BCUT2D eigenvalue weighted by molar-refractivity contribution is 6.36. The number of nitrogens with zero attached hydrogens (tertiary/aromatic N) is 3.